The van der Waals surface area contributed by atoms with Crippen molar-refractivity contribution in [1.82, 2.24) is 10.3 Å². The lowest BCUT2D eigenvalue weighted by molar-refractivity contribution is -0.141. The Morgan fingerprint density at radius 2 is 2.04 bits per heavy atom. The Bertz CT molecular complexity index is 717. The molecule has 6 heteroatoms. The van der Waals surface area contributed by atoms with Crippen molar-refractivity contribution >= 4 is 17.6 Å². The molecule has 1 atom stereocenters. The Kier molecular flexibility index (Phi) is 6.03. The zero-order valence-corrected chi connectivity index (χ0v) is 13.7. The van der Waals surface area contributed by atoms with Gasteiger partial charge in [-0.2, -0.15) is 0 Å². The van der Waals surface area contributed by atoms with Gasteiger partial charge in [-0.05, 0) is 42.7 Å². The largest absolute Gasteiger partial charge is 0.480 e. The maximum Gasteiger partial charge on any atom is 0.321 e. The zero-order chi connectivity index (χ0) is 17.5. The van der Waals surface area contributed by atoms with Crippen molar-refractivity contribution in [1.29, 1.82) is 0 Å². The predicted octanol–water partition coefficient (Wildman–Crippen LogP) is 2.27. The first-order valence-corrected chi connectivity index (χ1v) is 7.68. The monoisotopic (exact) mass is 327 g/mol. The average molecular weight is 327 g/mol. The van der Waals surface area contributed by atoms with Crippen LogP contribution in [0.1, 0.15) is 23.1 Å². The molecule has 0 unspecified atom stereocenters. The molecule has 2 aromatic rings. The normalized spacial score (nSPS) is 11.8. The predicted molar refractivity (Wildman–Crippen MR) is 91.7 cm³/mol. The minimum atomic E-state index is -1.06. The van der Waals surface area contributed by atoms with Crippen LogP contribution in [0.25, 0.3) is 0 Å². The lowest BCUT2D eigenvalue weighted by atomic mass is 10.1. The number of anilines is 1. The molecule has 0 bridgehead atoms. The number of aromatic nitrogens is 1. The molecular weight excluding hydrogens is 306 g/mol. The number of benzene rings is 1. The minimum Gasteiger partial charge on any atom is -0.480 e. The molecule has 3 N–H and O–H groups in total. The molecule has 0 radical (unpaired) electrons. The van der Waals surface area contributed by atoms with Crippen LogP contribution in [-0.4, -0.2) is 28.0 Å². The quantitative estimate of drug-likeness (QED) is 0.725. The van der Waals surface area contributed by atoms with Gasteiger partial charge in [-0.15, -0.1) is 0 Å². The van der Waals surface area contributed by atoms with Crippen LogP contribution in [0.3, 0.4) is 0 Å². The van der Waals surface area contributed by atoms with Gasteiger partial charge in [-0.25, -0.2) is 0 Å². The summed E-state index contributed by atoms with van der Waals surface area (Å²) in [6, 6.07) is 8.40. The standard InChI is InChI=1S/C18H21N3O3/c1-12-5-6-13(2)15(8-12)21-17(22)9-16(18(23)24)20-11-14-4-3-7-19-10-14/h3-8,10,16,20H,9,11H2,1-2H3,(H,21,22)(H,23,24)/t16-/m0/s1. The van der Waals surface area contributed by atoms with E-state index >= 15 is 0 Å². The van der Waals surface area contributed by atoms with Gasteiger partial charge in [-0.1, -0.05) is 18.2 Å². The Morgan fingerprint density at radius 1 is 1.25 bits per heavy atom. The molecule has 0 aliphatic rings. The van der Waals surface area contributed by atoms with Gasteiger partial charge in [0.15, 0.2) is 0 Å². The van der Waals surface area contributed by atoms with E-state index in [0.29, 0.717) is 12.2 Å². The summed E-state index contributed by atoms with van der Waals surface area (Å²) in [5, 5.41) is 15.0. The summed E-state index contributed by atoms with van der Waals surface area (Å²) < 4.78 is 0. The van der Waals surface area contributed by atoms with Gasteiger partial charge in [-0.3, -0.25) is 19.9 Å². The van der Waals surface area contributed by atoms with Crippen LogP contribution >= 0.6 is 0 Å². The molecule has 24 heavy (non-hydrogen) atoms. The van der Waals surface area contributed by atoms with Crippen LogP contribution in [0.4, 0.5) is 5.69 Å². The maximum absolute atomic E-state index is 12.2. The van der Waals surface area contributed by atoms with Gasteiger partial charge < -0.3 is 10.4 Å². The third-order valence-electron chi connectivity index (χ3n) is 3.63. The van der Waals surface area contributed by atoms with Gasteiger partial charge in [0, 0.05) is 24.6 Å². The summed E-state index contributed by atoms with van der Waals surface area (Å²) >= 11 is 0. The zero-order valence-electron chi connectivity index (χ0n) is 13.7. The summed E-state index contributed by atoms with van der Waals surface area (Å²) in [5.74, 6) is -1.40. The molecule has 1 aromatic heterocycles. The lowest BCUT2D eigenvalue weighted by Crippen LogP contribution is -2.39. The topological polar surface area (TPSA) is 91.3 Å². The Morgan fingerprint density at radius 3 is 2.71 bits per heavy atom. The van der Waals surface area contributed by atoms with Crippen molar-refractivity contribution < 1.29 is 14.7 Å². The van der Waals surface area contributed by atoms with Crippen LogP contribution < -0.4 is 10.6 Å². The second kappa shape index (κ2) is 8.21. The van der Waals surface area contributed by atoms with E-state index in [1.807, 2.05) is 38.1 Å². The molecule has 0 fully saturated rings. The first kappa shape index (κ1) is 17.6. The highest BCUT2D eigenvalue weighted by Crippen LogP contribution is 2.16. The third-order valence-corrected chi connectivity index (χ3v) is 3.63. The van der Waals surface area contributed by atoms with E-state index in [9.17, 15) is 14.7 Å². The number of carboxylic acids is 1. The molecular formula is C18H21N3O3. The van der Waals surface area contributed by atoms with Crippen molar-refractivity contribution in [3.63, 3.8) is 0 Å². The van der Waals surface area contributed by atoms with E-state index in [2.05, 4.69) is 15.6 Å². The van der Waals surface area contributed by atoms with Crippen molar-refractivity contribution in [3.8, 4) is 0 Å². The molecule has 2 rings (SSSR count). The number of carbonyl (C=O) groups excluding carboxylic acids is 1. The molecule has 1 heterocycles. The van der Waals surface area contributed by atoms with Crippen LogP contribution in [0.2, 0.25) is 0 Å². The second-order valence-corrected chi connectivity index (χ2v) is 5.70. The summed E-state index contributed by atoms with van der Waals surface area (Å²) in [6.45, 7) is 4.16. The van der Waals surface area contributed by atoms with E-state index in [0.717, 1.165) is 16.7 Å². The number of nitrogens with one attached hydrogen (secondary N) is 2. The molecule has 0 saturated carbocycles. The van der Waals surface area contributed by atoms with Crippen LogP contribution in [-0.2, 0) is 16.1 Å². The summed E-state index contributed by atoms with van der Waals surface area (Å²) in [5.41, 5.74) is 3.53. The molecule has 0 spiro atoms. The highest BCUT2D eigenvalue weighted by atomic mass is 16.4. The van der Waals surface area contributed by atoms with Crippen molar-refractivity contribution in [2.24, 2.45) is 0 Å². The molecule has 0 aliphatic heterocycles. The number of rotatable bonds is 7. The van der Waals surface area contributed by atoms with E-state index < -0.39 is 12.0 Å². The Hall–Kier alpha value is -2.73. The smallest absolute Gasteiger partial charge is 0.321 e. The fraction of sp³-hybridized carbons (Fsp3) is 0.278. The molecule has 1 aromatic carbocycles. The number of carbonyl (C=O) groups is 2. The van der Waals surface area contributed by atoms with Gasteiger partial charge in [0.05, 0.1) is 6.42 Å². The maximum atomic E-state index is 12.2. The average Bonchev–Trinajstić information content (AvgIpc) is 2.55. The van der Waals surface area contributed by atoms with E-state index in [-0.39, 0.29) is 12.3 Å². The Balaban J connectivity index is 1.95. The van der Waals surface area contributed by atoms with Crippen molar-refractivity contribution in [2.75, 3.05) is 5.32 Å². The minimum absolute atomic E-state index is 0.150. The molecule has 6 nitrogen and oxygen atoms in total. The fourth-order valence-electron chi connectivity index (χ4n) is 2.25. The summed E-state index contributed by atoms with van der Waals surface area (Å²) in [4.78, 5) is 27.5. The van der Waals surface area contributed by atoms with Crippen molar-refractivity contribution in [2.45, 2.75) is 32.9 Å². The van der Waals surface area contributed by atoms with E-state index in [1.54, 1.807) is 18.5 Å². The molecule has 0 saturated heterocycles. The third kappa shape index (κ3) is 5.17. The van der Waals surface area contributed by atoms with Gasteiger partial charge in [0.2, 0.25) is 5.91 Å². The second-order valence-electron chi connectivity index (χ2n) is 5.70. The number of pyridine rings is 1. The molecule has 126 valence electrons. The van der Waals surface area contributed by atoms with E-state index in [4.69, 9.17) is 0 Å². The number of hydrogen-bond acceptors (Lipinski definition) is 4. The molecule has 0 aliphatic carbocycles. The van der Waals surface area contributed by atoms with E-state index in [1.165, 1.54) is 0 Å². The molecule has 1 amide bonds. The van der Waals surface area contributed by atoms with Crippen molar-refractivity contribution in [3.05, 3.63) is 59.4 Å². The highest BCUT2D eigenvalue weighted by molar-refractivity contribution is 5.94. The number of nitrogens with zero attached hydrogens (tertiary/aromatic N) is 1. The van der Waals surface area contributed by atoms with Crippen LogP contribution in [0, 0.1) is 13.8 Å². The summed E-state index contributed by atoms with van der Waals surface area (Å²) in [6.07, 6.45) is 3.15. The first-order chi connectivity index (χ1) is 11.5. The van der Waals surface area contributed by atoms with Gasteiger partial charge in [0.1, 0.15) is 6.04 Å². The Labute approximate surface area is 140 Å². The number of hydrogen-bond donors (Lipinski definition) is 3. The van der Waals surface area contributed by atoms with Gasteiger partial charge in [0.25, 0.3) is 0 Å². The van der Waals surface area contributed by atoms with Crippen LogP contribution in [0.15, 0.2) is 42.7 Å². The van der Waals surface area contributed by atoms with Crippen LogP contribution in [0.5, 0.6) is 0 Å². The highest BCUT2D eigenvalue weighted by Gasteiger charge is 2.21. The number of amides is 1. The first-order valence-electron chi connectivity index (χ1n) is 7.68. The van der Waals surface area contributed by atoms with Gasteiger partial charge >= 0.3 is 5.97 Å². The number of aliphatic carboxylic acids is 1. The fourth-order valence-corrected chi connectivity index (χ4v) is 2.25. The lowest BCUT2D eigenvalue weighted by Gasteiger charge is -2.15. The number of aryl methyl sites for hydroxylation is 2. The summed E-state index contributed by atoms with van der Waals surface area (Å²) in [7, 11) is 0. The number of carboxylic acid groups (broad SMARTS) is 1. The SMILES string of the molecule is Cc1ccc(C)c(NC(=O)C[C@H](NCc2cccnc2)C(=O)O)c1.